The Labute approximate surface area is 207 Å². The molecule has 0 unspecified atom stereocenters. The van der Waals surface area contributed by atoms with Crippen LogP contribution < -0.4 is 9.74 Å². The van der Waals surface area contributed by atoms with Gasteiger partial charge in [0.2, 0.25) is 18.2 Å². The van der Waals surface area contributed by atoms with Crippen LogP contribution >= 0.6 is 12.3 Å². The standard InChI is InChI=1S/C25H28N4O5S/c1-6-32-35-34-24-20(14-28-15-26-19-9-7-16(2)11-18(19)23(28)31)27-21-10-8-17(13-29(21)24)12-22(30)33-25(3,4)5/h7-11,13,15H,6,12,14H2,1-5H3. The van der Waals surface area contributed by atoms with Gasteiger partial charge >= 0.3 is 5.97 Å². The second kappa shape index (κ2) is 10.1. The summed E-state index contributed by atoms with van der Waals surface area (Å²) >= 11 is 0.831. The maximum absolute atomic E-state index is 13.1. The molecule has 4 aromatic rings. The van der Waals surface area contributed by atoms with E-state index in [1.165, 1.54) is 10.9 Å². The Bertz CT molecular complexity index is 1440. The molecule has 9 nitrogen and oxygen atoms in total. The molecule has 0 bridgehead atoms. The average Bonchev–Trinajstić information content (AvgIpc) is 3.11. The highest BCUT2D eigenvalue weighted by Gasteiger charge is 2.20. The van der Waals surface area contributed by atoms with Crippen LogP contribution in [-0.2, 0) is 26.7 Å². The molecule has 0 saturated carbocycles. The van der Waals surface area contributed by atoms with Gasteiger partial charge in [-0.2, -0.15) is 0 Å². The van der Waals surface area contributed by atoms with Gasteiger partial charge in [0.1, 0.15) is 16.9 Å². The van der Waals surface area contributed by atoms with Gasteiger partial charge in [-0.15, -0.1) is 0 Å². The number of nitrogens with zero attached hydrogens (tertiary/aromatic N) is 4. The summed E-state index contributed by atoms with van der Waals surface area (Å²) < 4.78 is 19.8. The van der Waals surface area contributed by atoms with E-state index in [0.717, 1.165) is 23.5 Å². The topological polar surface area (TPSA) is 97.0 Å². The summed E-state index contributed by atoms with van der Waals surface area (Å²) in [5.74, 6) is 0.0770. The van der Waals surface area contributed by atoms with Crippen molar-refractivity contribution >= 4 is 34.8 Å². The SMILES string of the molecule is CCOSOc1c(Cn2cnc3ccc(C)cc3c2=O)nc2ccc(CC(=O)OC(C)(C)C)cn12. The van der Waals surface area contributed by atoms with Crippen LogP contribution in [0, 0.1) is 6.92 Å². The van der Waals surface area contributed by atoms with E-state index in [1.54, 1.807) is 16.7 Å². The zero-order valence-corrected chi connectivity index (χ0v) is 21.2. The van der Waals surface area contributed by atoms with Crippen molar-refractivity contribution < 1.29 is 17.9 Å². The average molecular weight is 497 g/mol. The number of imidazole rings is 1. The minimum absolute atomic E-state index is 0.103. The molecule has 0 radical (unpaired) electrons. The lowest BCUT2D eigenvalue weighted by atomic mass is 10.1. The summed E-state index contributed by atoms with van der Waals surface area (Å²) in [6.07, 6.45) is 3.39. The number of hydrogen-bond acceptors (Lipinski definition) is 8. The Morgan fingerprint density at radius 3 is 2.71 bits per heavy atom. The fourth-order valence-corrected chi connectivity index (χ4v) is 3.99. The van der Waals surface area contributed by atoms with Crippen LogP contribution in [0.1, 0.15) is 44.5 Å². The zero-order chi connectivity index (χ0) is 25.2. The molecule has 3 heterocycles. The second-order valence-electron chi connectivity index (χ2n) is 9.15. The molecular weight excluding hydrogens is 468 g/mol. The van der Waals surface area contributed by atoms with Crippen LogP contribution in [0.5, 0.6) is 5.88 Å². The number of hydrogen-bond donors (Lipinski definition) is 0. The van der Waals surface area contributed by atoms with E-state index in [1.807, 2.05) is 58.9 Å². The van der Waals surface area contributed by atoms with E-state index in [4.69, 9.17) is 13.1 Å². The number of fused-ring (bicyclic) bond motifs is 2. The highest BCUT2D eigenvalue weighted by Crippen LogP contribution is 2.26. The lowest BCUT2D eigenvalue weighted by Gasteiger charge is -2.19. The van der Waals surface area contributed by atoms with Crippen molar-refractivity contribution in [2.24, 2.45) is 0 Å². The molecular formula is C25H28N4O5S. The first kappa shape index (κ1) is 24.7. The minimum Gasteiger partial charge on any atom is -0.460 e. The van der Waals surface area contributed by atoms with E-state index >= 15 is 0 Å². The third-order valence-electron chi connectivity index (χ3n) is 5.05. The normalized spacial score (nSPS) is 11.8. The molecule has 0 saturated heterocycles. The van der Waals surface area contributed by atoms with Gasteiger partial charge in [0.25, 0.3) is 5.56 Å². The Hall–Kier alpha value is -3.37. The van der Waals surface area contributed by atoms with Gasteiger partial charge in [0.15, 0.2) is 0 Å². The molecule has 0 atom stereocenters. The summed E-state index contributed by atoms with van der Waals surface area (Å²) in [6, 6.07) is 9.21. The smallest absolute Gasteiger partial charge is 0.310 e. The quantitative estimate of drug-likeness (QED) is 0.203. The third kappa shape index (κ3) is 5.83. The monoisotopic (exact) mass is 496 g/mol. The van der Waals surface area contributed by atoms with Crippen LogP contribution in [0.3, 0.4) is 0 Å². The summed E-state index contributed by atoms with van der Waals surface area (Å²) in [5.41, 5.74) is 2.77. The van der Waals surface area contributed by atoms with Crippen molar-refractivity contribution in [2.75, 3.05) is 6.61 Å². The van der Waals surface area contributed by atoms with Gasteiger partial charge in [-0.25, -0.2) is 9.97 Å². The first-order valence-corrected chi connectivity index (χ1v) is 11.9. The number of benzene rings is 1. The number of aryl methyl sites for hydroxylation is 1. The molecule has 0 fully saturated rings. The van der Waals surface area contributed by atoms with Crippen molar-refractivity contribution in [2.45, 2.75) is 53.2 Å². The van der Waals surface area contributed by atoms with Gasteiger partial charge < -0.3 is 8.92 Å². The fourth-order valence-electron chi connectivity index (χ4n) is 3.61. The van der Waals surface area contributed by atoms with Crippen molar-refractivity contribution in [1.29, 1.82) is 0 Å². The largest absolute Gasteiger partial charge is 0.460 e. The highest BCUT2D eigenvalue weighted by molar-refractivity contribution is 7.90. The fraction of sp³-hybridized carbons (Fsp3) is 0.360. The number of rotatable bonds is 8. The van der Waals surface area contributed by atoms with Crippen molar-refractivity contribution in [3.05, 3.63) is 70.0 Å². The summed E-state index contributed by atoms with van der Waals surface area (Å²) in [7, 11) is 0. The van der Waals surface area contributed by atoms with Crippen molar-refractivity contribution in [3.8, 4) is 5.88 Å². The Morgan fingerprint density at radius 1 is 1.17 bits per heavy atom. The molecule has 0 amide bonds. The minimum atomic E-state index is -0.564. The Morgan fingerprint density at radius 2 is 1.97 bits per heavy atom. The molecule has 10 heteroatoms. The Kier molecular flexibility index (Phi) is 7.13. The van der Waals surface area contributed by atoms with Crippen LogP contribution in [0.2, 0.25) is 0 Å². The molecule has 3 aromatic heterocycles. The van der Waals surface area contributed by atoms with Gasteiger partial charge in [0.05, 0.1) is 36.8 Å². The molecule has 0 aliphatic carbocycles. The number of esters is 1. The predicted molar refractivity (Wildman–Crippen MR) is 134 cm³/mol. The van der Waals surface area contributed by atoms with E-state index < -0.39 is 5.60 Å². The van der Waals surface area contributed by atoms with E-state index in [9.17, 15) is 9.59 Å². The lowest BCUT2D eigenvalue weighted by molar-refractivity contribution is -0.153. The molecule has 0 aliphatic rings. The molecule has 0 spiro atoms. The molecule has 184 valence electrons. The zero-order valence-electron chi connectivity index (χ0n) is 20.4. The summed E-state index contributed by atoms with van der Waals surface area (Å²) in [6.45, 7) is 9.89. The first-order chi connectivity index (χ1) is 16.6. The van der Waals surface area contributed by atoms with Gasteiger partial charge in [-0.1, -0.05) is 17.7 Å². The van der Waals surface area contributed by atoms with E-state index in [-0.39, 0.29) is 24.5 Å². The molecule has 1 aromatic carbocycles. The summed E-state index contributed by atoms with van der Waals surface area (Å²) in [5, 5.41) is 0.544. The summed E-state index contributed by atoms with van der Waals surface area (Å²) in [4.78, 5) is 34.5. The van der Waals surface area contributed by atoms with E-state index in [2.05, 4.69) is 9.97 Å². The number of carbonyl (C=O) groups excluding carboxylic acids is 1. The number of ether oxygens (including phenoxy) is 1. The van der Waals surface area contributed by atoms with E-state index in [0.29, 0.717) is 34.7 Å². The highest BCUT2D eigenvalue weighted by atomic mass is 32.2. The number of carbonyl (C=O) groups is 1. The second-order valence-corrected chi connectivity index (χ2v) is 9.69. The maximum Gasteiger partial charge on any atom is 0.310 e. The predicted octanol–water partition coefficient (Wildman–Crippen LogP) is 4.26. The molecule has 0 N–H and O–H groups in total. The lowest BCUT2D eigenvalue weighted by Crippen LogP contribution is -2.24. The maximum atomic E-state index is 13.1. The van der Waals surface area contributed by atoms with Crippen LogP contribution in [0.15, 0.2) is 47.7 Å². The third-order valence-corrected chi connectivity index (χ3v) is 5.61. The van der Waals surface area contributed by atoms with Gasteiger partial charge in [0, 0.05) is 6.20 Å². The Balaban J connectivity index is 1.71. The number of aromatic nitrogens is 4. The number of pyridine rings is 1. The molecule has 4 rings (SSSR count). The molecule has 0 aliphatic heterocycles. The van der Waals surface area contributed by atoms with Crippen LogP contribution in [0.25, 0.3) is 16.6 Å². The van der Waals surface area contributed by atoms with Crippen LogP contribution in [0.4, 0.5) is 0 Å². The van der Waals surface area contributed by atoms with Gasteiger partial charge in [-0.3, -0.25) is 22.7 Å². The van der Waals surface area contributed by atoms with Crippen molar-refractivity contribution in [1.82, 2.24) is 18.9 Å². The first-order valence-electron chi connectivity index (χ1n) is 11.3. The van der Waals surface area contributed by atoms with Crippen molar-refractivity contribution in [3.63, 3.8) is 0 Å². The molecule has 35 heavy (non-hydrogen) atoms. The van der Waals surface area contributed by atoms with Gasteiger partial charge in [-0.05, 0) is 58.4 Å². The van der Waals surface area contributed by atoms with Crippen LogP contribution in [-0.4, -0.2) is 37.1 Å².